The van der Waals surface area contributed by atoms with Crippen molar-refractivity contribution in [2.24, 2.45) is 0 Å². The Kier molecular flexibility index (Phi) is 17.0. The molecule has 0 saturated carbocycles. The predicted octanol–water partition coefficient (Wildman–Crippen LogP) is 25.9. The summed E-state index contributed by atoms with van der Waals surface area (Å²) < 4.78 is 14.4. The number of benzene rings is 20. The summed E-state index contributed by atoms with van der Waals surface area (Å²) in [5.41, 5.74) is 31.3. The molecule has 130 heavy (non-hydrogen) atoms. The van der Waals surface area contributed by atoms with Gasteiger partial charge < -0.3 is 13.6 Å². The van der Waals surface area contributed by atoms with Gasteiger partial charge in [0.25, 0.3) is 0 Å². The lowest BCUT2D eigenvalue weighted by Crippen LogP contribution is -2.74. The van der Waals surface area contributed by atoms with Gasteiger partial charge in [0.05, 0.1) is 22.1 Å². The molecule has 608 valence electrons. The van der Waals surface area contributed by atoms with Crippen LogP contribution in [0.3, 0.4) is 0 Å². The Labute approximate surface area is 759 Å². The second-order valence-corrected chi connectivity index (χ2v) is 44.4. The van der Waals surface area contributed by atoms with Crippen molar-refractivity contribution >= 4 is 155 Å². The maximum atomic E-state index is 6.64. The largest absolute Gasteiger partial charge is 0.455 e. The van der Waals surface area contributed by atoms with Crippen LogP contribution >= 0.6 is 11.3 Å². The van der Waals surface area contributed by atoms with Crippen molar-refractivity contribution in [2.75, 3.05) is 0 Å². The fourth-order valence-corrected chi connectivity index (χ4v) is 35.0. The third kappa shape index (κ3) is 10.9. The van der Waals surface area contributed by atoms with Crippen molar-refractivity contribution in [1.29, 1.82) is 0 Å². The van der Waals surface area contributed by atoms with Gasteiger partial charge in [-0.15, -0.1) is 11.3 Å². The SMILES string of the molecule is c1ccc([Si](c2ccccc2)(c2cccc(-c3ccc4sc5ccccc5c4c3)c2)c2cccc(-n3c4ccccc4c4c5c(ccc43)C3c4ccccc4C5c4ccccc43)c2)cc1.c1ccc([Si](c2ccccc2)(c2cccc(-c3cccc4c3oc3ccccc34)c2)c2cccc(-n3c4ccccc4c4c5c(ccc43)C3c4ccccc4C5c4ccccc43)c2)cc1. The molecule has 0 radical (unpaired) electrons. The van der Waals surface area contributed by atoms with E-state index in [4.69, 9.17) is 4.42 Å². The second-order valence-electron chi connectivity index (χ2n) is 35.7. The molecule has 0 aliphatic heterocycles. The normalized spacial score (nSPS) is 15.1. The number of fused-ring (bicyclic) bond motifs is 12. The minimum Gasteiger partial charge on any atom is -0.455 e. The van der Waals surface area contributed by atoms with Gasteiger partial charge in [0.1, 0.15) is 11.2 Å². The first-order valence-electron chi connectivity index (χ1n) is 45.5. The van der Waals surface area contributed by atoms with Crippen LogP contribution in [-0.4, -0.2) is 25.3 Å². The summed E-state index contributed by atoms with van der Waals surface area (Å²) in [6, 6.07) is 179. The molecular formula is C124H82N2OSSi2. The number of para-hydroxylation sites is 4. The highest BCUT2D eigenvalue weighted by molar-refractivity contribution is 7.26. The van der Waals surface area contributed by atoms with Gasteiger partial charge in [0.2, 0.25) is 0 Å². The third-order valence-corrected chi connectivity index (χ3v) is 40.1. The number of aromatic nitrogens is 2. The van der Waals surface area contributed by atoms with Crippen LogP contribution in [0.4, 0.5) is 0 Å². The van der Waals surface area contributed by atoms with Gasteiger partial charge in [0, 0.05) is 93.1 Å². The van der Waals surface area contributed by atoms with Gasteiger partial charge in [0.15, 0.2) is 16.1 Å². The molecule has 0 spiro atoms. The van der Waals surface area contributed by atoms with E-state index in [-0.39, 0.29) is 23.7 Å². The molecule has 4 aromatic heterocycles. The van der Waals surface area contributed by atoms with Crippen LogP contribution < -0.4 is 41.5 Å². The van der Waals surface area contributed by atoms with Crippen molar-refractivity contribution in [3.05, 3.63) is 540 Å². The van der Waals surface area contributed by atoms with Crippen LogP contribution in [-0.2, 0) is 0 Å². The first-order chi connectivity index (χ1) is 64.5. The molecule has 0 N–H and O–H groups in total. The summed E-state index contributed by atoms with van der Waals surface area (Å²) in [6.45, 7) is 0. The van der Waals surface area contributed by atoms with E-state index in [9.17, 15) is 0 Å². The first-order valence-corrected chi connectivity index (χ1v) is 50.3. The molecule has 6 aliphatic rings. The zero-order valence-electron chi connectivity index (χ0n) is 71.1. The number of furan rings is 1. The Morgan fingerprint density at radius 2 is 0.554 bits per heavy atom. The molecule has 0 amide bonds. The topological polar surface area (TPSA) is 23.0 Å². The third-order valence-electron chi connectivity index (χ3n) is 29.4. The molecule has 0 fully saturated rings. The smallest absolute Gasteiger partial charge is 0.179 e. The molecule has 4 heterocycles. The van der Waals surface area contributed by atoms with Crippen LogP contribution in [0.2, 0.25) is 0 Å². The quantitative estimate of drug-likeness (QED) is 0.0883. The van der Waals surface area contributed by atoms with Crippen LogP contribution in [0.1, 0.15) is 90.4 Å². The Morgan fingerprint density at radius 3 is 1.03 bits per heavy atom. The Morgan fingerprint density at radius 1 is 0.208 bits per heavy atom. The minimum absolute atomic E-state index is 0.172. The van der Waals surface area contributed by atoms with Crippen molar-refractivity contribution in [3.63, 3.8) is 0 Å². The molecule has 20 aromatic carbocycles. The average Bonchev–Trinajstić information content (AvgIpc) is 1.41. The van der Waals surface area contributed by atoms with Crippen molar-refractivity contribution in [1.82, 2.24) is 9.13 Å². The van der Waals surface area contributed by atoms with Gasteiger partial charge in [-0.3, -0.25) is 0 Å². The van der Waals surface area contributed by atoms with E-state index in [0.29, 0.717) is 0 Å². The molecule has 0 unspecified atom stereocenters. The average molecular weight is 1700 g/mol. The van der Waals surface area contributed by atoms with Gasteiger partial charge in [-0.05, 0) is 198 Å². The highest BCUT2D eigenvalue weighted by Crippen LogP contribution is 2.61. The number of nitrogens with zero attached hydrogens (tertiary/aromatic N) is 2. The molecule has 6 aliphatic carbocycles. The van der Waals surface area contributed by atoms with E-state index in [2.05, 4.69) is 476 Å². The lowest BCUT2D eigenvalue weighted by molar-refractivity contribution is 0.670. The number of hydrogen-bond acceptors (Lipinski definition) is 2. The van der Waals surface area contributed by atoms with Crippen LogP contribution in [0.15, 0.2) is 478 Å². The Bertz CT molecular complexity index is 8550. The standard InChI is InChI=1S/C62H41NOSi.C62H41NSSi/c1-3-20-42(21-4-1)65(43-22-5-2-6-23-43,44-24-15-18-40(38-44)46-32-17-33-52-47-26-12-14-35-57(47)64-62(46)52)45-25-16-19-41(39-45)63-55-34-13-11-31-53(55)60-56(63)37-36-54-58-48-27-7-9-29-50(48)59(61(54)60)51-30-10-8-28-49(51)58;1-3-19-43(20-4-1)65(44-21-5-2-6-22-44,45-23-15-17-40(37-45)41-33-36-58-54(38-41)47-25-12-14-32-57(47)64-58)46-24-16-18-42(39-46)63-55-31-13-11-30-52(55)61-56(63)35-34-53-59-48-26-7-9-28-50(48)60(62(53)61)51-29-10-8-27-49(51)59/h1-39,58-59H;1-39,59-60H. The summed E-state index contributed by atoms with van der Waals surface area (Å²) in [7, 11) is -5.95. The van der Waals surface area contributed by atoms with E-state index < -0.39 is 16.1 Å². The zero-order valence-corrected chi connectivity index (χ0v) is 73.9. The maximum absolute atomic E-state index is 6.64. The Hall–Kier alpha value is -15.5. The van der Waals surface area contributed by atoms with Crippen LogP contribution in [0, 0.1) is 0 Å². The molecule has 30 rings (SSSR count). The molecule has 3 nitrogen and oxygen atoms in total. The minimum atomic E-state index is -3.00. The number of rotatable bonds is 12. The predicted molar refractivity (Wildman–Crippen MR) is 549 cm³/mol. The number of hydrogen-bond donors (Lipinski definition) is 0. The highest BCUT2D eigenvalue weighted by atomic mass is 32.1. The second kappa shape index (κ2) is 29.5. The molecular weight excluding hydrogens is 1620 g/mol. The fraction of sp³-hybridized carbons (Fsp3) is 0.0323. The van der Waals surface area contributed by atoms with Crippen LogP contribution in [0.5, 0.6) is 0 Å². The number of thiophene rings is 1. The molecule has 4 bridgehead atoms. The summed E-state index contributed by atoms with van der Waals surface area (Å²) in [6.07, 6.45) is 0. The van der Waals surface area contributed by atoms with E-state index in [0.717, 1.165) is 33.1 Å². The van der Waals surface area contributed by atoms with Gasteiger partial charge >= 0.3 is 0 Å². The van der Waals surface area contributed by atoms with Crippen LogP contribution in [0.25, 0.3) is 119 Å². The summed E-state index contributed by atoms with van der Waals surface area (Å²) in [5.74, 6) is 0.794. The van der Waals surface area contributed by atoms with E-state index >= 15 is 0 Å². The van der Waals surface area contributed by atoms with Gasteiger partial charge in [-0.1, -0.05) is 400 Å². The van der Waals surface area contributed by atoms with Gasteiger partial charge in [-0.2, -0.15) is 0 Å². The molecule has 0 atom stereocenters. The van der Waals surface area contributed by atoms with Crippen molar-refractivity contribution in [3.8, 4) is 33.6 Å². The summed E-state index contributed by atoms with van der Waals surface area (Å²) >= 11 is 1.88. The van der Waals surface area contributed by atoms with Gasteiger partial charge in [-0.25, -0.2) is 0 Å². The zero-order chi connectivity index (χ0) is 85.3. The first kappa shape index (κ1) is 74.7. The fourth-order valence-electron chi connectivity index (χ4n) is 24.2. The van der Waals surface area contributed by atoms with Crippen molar-refractivity contribution in [2.45, 2.75) is 23.7 Å². The highest BCUT2D eigenvalue weighted by Gasteiger charge is 2.48. The Balaban J connectivity index is 0.000000134. The van der Waals surface area contributed by atoms with E-state index in [1.54, 1.807) is 0 Å². The molecule has 0 saturated heterocycles. The monoisotopic (exact) mass is 1700 g/mol. The van der Waals surface area contributed by atoms with E-state index in [1.807, 2.05) is 17.4 Å². The molecule has 24 aromatic rings. The summed E-state index contributed by atoms with van der Waals surface area (Å²) in [4.78, 5) is 0. The lowest BCUT2D eigenvalue weighted by atomic mass is 9.60. The maximum Gasteiger partial charge on any atom is 0.179 e. The van der Waals surface area contributed by atoms with Crippen molar-refractivity contribution < 1.29 is 4.42 Å². The molecule has 6 heteroatoms. The summed E-state index contributed by atoms with van der Waals surface area (Å²) in [5, 5.41) is 21.1. The van der Waals surface area contributed by atoms with E-state index in [1.165, 1.54) is 195 Å². The lowest BCUT2D eigenvalue weighted by Gasteiger charge is -2.42.